The molecule has 0 saturated heterocycles. The number of nitrogens with two attached hydrogens (primary N) is 1. The summed E-state index contributed by atoms with van der Waals surface area (Å²) in [6.07, 6.45) is 2.62. The fourth-order valence-electron chi connectivity index (χ4n) is 1.77. The van der Waals surface area contributed by atoms with Gasteiger partial charge in [-0.05, 0) is 42.3 Å². The molecule has 0 spiro atoms. The molecular formula is C15H21N3O. The fourth-order valence-corrected chi connectivity index (χ4v) is 1.77. The number of ether oxygens (including phenoxy) is 1. The Labute approximate surface area is 114 Å². The lowest BCUT2D eigenvalue weighted by molar-refractivity contribution is 0.271. The van der Waals surface area contributed by atoms with Gasteiger partial charge in [0, 0.05) is 6.42 Å². The molecule has 2 aromatic rings. The van der Waals surface area contributed by atoms with Gasteiger partial charge >= 0.3 is 0 Å². The van der Waals surface area contributed by atoms with Crippen molar-refractivity contribution >= 4 is 0 Å². The number of H-pyrrole nitrogens is 1. The minimum absolute atomic E-state index is 0.533. The molecule has 0 radical (unpaired) electrons. The number of hydrogen-bond acceptors (Lipinski definition) is 3. The number of benzene rings is 1. The first-order valence-electron chi connectivity index (χ1n) is 6.66. The summed E-state index contributed by atoms with van der Waals surface area (Å²) >= 11 is 0. The second-order valence-electron chi connectivity index (χ2n) is 5.01. The average Bonchev–Trinajstić information content (AvgIpc) is 2.86. The molecule has 1 aromatic carbocycles. The van der Waals surface area contributed by atoms with Gasteiger partial charge in [-0.3, -0.25) is 0 Å². The summed E-state index contributed by atoms with van der Waals surface area (Å²) in [5.74, 6) is 2.36. The second-order valence-corrected chi connectivity index (χ2v) is 5.01. The highest BCUT2D eigenvalue weighted by atomic mass is 16.5. The molecule has 0 atom stereocenters. The number of rotatable bonds is 6. The topological polar surface area (TPSA) is 63.9 Å². The number of aromatic amines is 1. The molecule has 19 heavy (non-hydrogen) atoms. The Hall–Kier alpha value is -1.81. The Morgan fingerprint density at radius 3 is 2.63 bits per heavy atom. The molecule has 0 unspecified atom stereocenters. The normalized spacial score (nSPS) is 10.9. The highest BCUT2D eigenvalue weighted by Crippen LogP contribution is 2.21. The number of nitrogens with zero attached hydrogens (tertiary/aromatic N) is 1. The Morgan fingerprint density at radius 1 is 1.26 bits per heavy atom. The van der Waals surface area contributed by atoms with Crippen LogP contribution < -0.4 is 10.5 Å². The van der Waals surface area contributed by atoms with E-state index in [0.717, 1.165) is 35.9 Å². The first-order chi connectivity index (χ1) is 9.19. The number of imidazole rings is 1. The molecule has 0 aliphatic carbocycles. The van der Waals surface area contributed by atoms with Crippen molar-refractivity contribution in [3.05, 3.63) is 36.3 Å². The third kappa shape index (κ3) is 3.83. The van der Waals surface area contributed by atoms with Crippen molar-refractivity contribution in [3.8, 4) is 17.0 Å². The molecule has 0 aliphatic heterocycles. The summed E-state index contributed by atoms with van der Waals surface area (Å²) in [6.45, 7) is 5.62. The van der Waals surface area contributed by atoms with Crippen LogP contribution in [0.3, 0.4) is 0 Å². The highest BCUT2D eigenvalue weighted by Gasteiger charge is 2.03. The average molecular weight is 259 g/mol. The molecule has 1 heterocycles. The van der Waals surface area contributed by atoms with Gasteiger partial charge in [-0.1, -0.05) is 13.8 Å². The van der Waals surface area contributed by atoms with Gasteiger partial charge in [-0.2, -0.15) is 0 Å². The van der Waals surface area contributed by atoms with E-state index in [2.05, 4.69) is 23.8 Å². The maximum Gasteiger partial charge on any atom is 0.119 e. The lowest BCUT2D eigenvalue weighted by atomic mass is 10.1. The molecule has 4 heteroatoms. The third-order valence-corrected chi connectivity index (χ3v) is 2.76. The van der Waals surface area contributed by atoms with Crippen LogP contribution >= 0.6 is 0 Å². The SMILES string of the molecule is CC(C)COc1ccc(-c2cnc(CCN)[nH]2)cc1. The van der Waals surface area contributed by atoms with Crippen LogP contribution in [0, 0.1) is 5.92 Å². The molecule has 2 rings (SSSR count). The summed E-state index contributed by atoms with van der Waals surface area (Å²) < 4.78 is 5.66. The summed E-state index contributed by atoms with van der Waals surface area (Å²) in [5, 5.41) is 0. The van der Waals surface area contributed by atoms with Crippen molar-refractivity contribution in [2.24, 2.45) is 11.7 Å². The van der Waals surface area contributed by atoms with Crippen LogP contribution in [-0.4, -0.2) is 23.1 Å². The van der Waals surface area contributed by atoms with Crippen molar-refractivity contribution in [2.75, 3.05) is 13.2 Å². The van der Waals surface area contributed by atoms with Crippen molar-refractivity contribution in [1.29, 1.82) is 0 Å². The van der Waals surface area contributed by atoms with E-state index in [0.29, 0.717) is 12.5 Å². The van der Waals surface area contributed by atoms with E-state index in [1.165, 1.54) is 0 Å². The molecule has 0 saturated carbocycles. The van der Waals surface area contributed by atoms with Crippen LogP contribution in [-0.2, 0) is 6.42 Å². The van der Waals surface area contributed by atoms with E-state index in [1.807, 2.05) is 30.5 Å². The Kier molecular flexibility index (Phi) is 4.58. The Morgan fingerprint density at radius 2 is 2.00 bits per heavy atom. The number of aromatic nitrogens is 2. The second kappa shape index (κ2) is 6.38. The first kappa shape index (κ1) is 13.6. The van der Waals surface area contributed by atoms with Gasteiger partial charge < -0.3 is 15.5 Å². The van der Waals surface area contributed by atoms with E-state index in [1.54, 1.807) is 0 Å². The fraction of sp³-hybridized carbons (Fsp3) is 0.400. The van der Waals surface area contributed by atoms with Crippen LogP contribution in [0.2, 0.25) is 0 Å². The molecule has 1 aromatic heterocycles. The van der Waals surface area contributed by atoms with E-state index >= 15 is 0 Å². The largest absolute Gasteiger partial charge is 0.493 e. The molecule has 0 aliphatic rings. The van der Waals surface area contributed by atoms with Crippen molar-refractivity contribution in [3.63, 3.8) is 0 Å². The van der Waals surface area contributed by atoms with Gasteiger partial charge in [0.05, 0.1) is 18.5 Å². The van der Waals surface area contributed by atoms with Crippen molar-refractivity contribution in [2.45, 2.75) is 20.3 Å². The number of nitrogens with one attached hydrogen (secondary N) is 1. The van der Waals surface area contributed by atoms with Crippen LogP contribution in [0.5, 0.6) is 5.75 Å². The molecule has 0 fully saturated rings. The van der Waals surface area contributed by atoms with Crippen LogP contribution in [0.1, 0.15) is 19.7 Å². The maximum atomic E-state index is 5.66. The maximum absolute atomic E-state index is 5.66. The highest BCUT2D eigenvalue weighted by molar-refractivity contribution is 5.59. The van der Waals surface area contributed by atoms with Gasteiger partial charge in [-0.25, -0.2) is 4.98 Å². The summed E-state index contributed by atoms with van der Waals surface area (Å²) in [6, 6.07) is 8.05. The Balaban J connectivity index is 2.04. The zero-order chi connectivity index (χ0) is 13.7. The molecule has 0 amide bonds. The van der Waals surface area contributed by atoms with Gasteiger partial charge in [0.15, 0.2) is 0 Å². The smallest absolute Gasteiger partial charge is 0.119 e. The predicted molar refractivity (Wildman–Crippen MR) is 77.1 cm³/mol. The first-order valence-corrected chi connectivity index (χ1v) is 6.66. The lowest BCUT2D eigenvalue weighted by Crippen LogP contribution is -2.04. The molecule has 4 nitrogen and oxygen atoms in total. The quantitative estimate of drug-likeness (QED) is 0.838. The summed E-state index contributed by atoms with van der Waals surface area (Å²) in [4.78, 5) is 7.57. The van der Waals surface area contributed by atoms with Crippen molar-refractivity contribution in [1.82, 2.24) is 9.97 Å². The van der Waals surface area contributed by atoms with Gasteiger partial charge in [-0.15, -0.1) is 0 Å². The van der Waals surface area contributed by atoms with Crippen LogP contribution in [0.25, 0.3) is 11.3 Å². The molecule has 102 valence electrons. The lowest BCUT2D eigenvalue weighted by Gasteiger charge is -2.08. The monoisotopic (exact) mass is 259 g/mol. The van der Waals surface area contributed by atoms with E-state index < -0.39 is 0 Å². The summed E-state index contributed by atoms with van der Waals surface area (Å²) in [5.41, 5.74) is 7.63. The standard InChI is InChI=1S/C15H21N3O/c1-11(2)10-19-13-5-3-12(4-6-13)14-9-17-15(18-14)7-8-16/h3-6,9,11H,7-8,10,16H2,1-2H3,(H,17,18). The molecule has 0 bridgehead atoms. The number of hydrogen-bond donors (Lipinski definition) is 2. The van der Waals surface area contributed by atoms with Crippen molar-refractivity contribution < 1.29 is 4.74 Å². The van der Waals surface area contributed by atoms with Gasteiger partial charge in [0.1, 0.15) is 11.6 Å². The van der Waals surface area contributed by atoms with Crippen LogP contribution in [0.4, 0.5) is 0 Å². The molecule has 3 N–H and O–H groups in total. The van der Waals surface area contributed by atoms with E-state index in [4.69, 9.17) is 10.5 Å². The van der Waals surface area contributed by atoms with Gasteiger partial charge in [0.25, 0.3) is 0 Å². The molecular weight excluding hydrogens is 238 g/mol. The minimum atomic E-state index is 0.533. The zero-order valence-corrected chi connectivity index (χ0v) is 11.5. The van der Waals surface area contributed by atoms with E-state index in [-0.39, 0.29) is 0 Å². The van der Waals surface area contributed by atoms with E-state index in [9.17, 15) is 0 Å². The Bertz CT molecular complexity index is 502. The third-order valence-electron chi connectivity index (χ3n) is 2.76. The minimum Gasteiger partial charge on any atom is -0.493 e. The van der Waals surface area contributed by atoms with Gasteiger partial charge in [0.2, 0.25) is 0 Å². The predicted octanol–water partition coefficient (Wildman–Crippen LogP) is 2.61. The zero-order valence-electron chi connectivity index (χ0n) is 11.5. The summed E-state index contributed by atoms with van der Waals surface area (Å²) in [7, 11) is 0. The van der Waals surface area contributed by atoms with Crippen LogP contribution in [0.15, 0.2) is 30.5 Å².